The number of esters is 2. The highest BCUT2D eigenvalue weighted by molar-refractivity contribution is 5.98. The number of terminal acetylenes is 2. The van der Waals surface area contributed by atoms with Crippen molar-refractivity contribution in [1.82, 2.24) is 4.90 Å². The van der Waals surface area contributed by atoms with Gasteiger partial charge in [0, 0.05) is 24.4 Å². The molecule has 2 aliphatic rings. The smallest absolute Gasteiger partial charge is 0.337 e. The Morgan fingerprint density at radius 1 is 0.963 bits per heavy atom. The van der Waals surface area contributed by atoms with Gasteiger partial charge < -0.3 is 14.4 Å². The van der Waals surface area contributed by atoms with Crippen molar-refractivity contribution in [2.45, 2.75) is 46.0 Å². The number of rotatable bonds is 5. The van der Waals surface area contributed by atoms with Crippen LogP contribution in [-0.2, 0) is 19.1 Å². The van der Waals surface area contributed by atoms with Gasteiger partial charge in [0.1, 0.15) is 0 Å². The van der Waals surface area contributed by atoms with Crippen LogP contribution in [0.3, 0.4) is 0 Å². The van der Waals surface area contributed by atoms with E-state index in [0.717, 1.165) is 37.1 Å². The molecule has 27 heavy (non-hydrogen) atoms. The minimum Gasteiger partial charge on any atom is -0.449 e. The predicted molar refractivity (Wildman–Crippen MR) is 103 cm³/mol. The van der Waals surface area contributed by atoms with Crippen molar-refractivity contribution in [2.75, 3.05) is 20.3 Å². The first-order valence-corrected chi connectivity index (χ1v) is 9.30. The van der Waals surface area contributed by atoms with E-state index >= 15 is 0 Å². The van der Waals surface area contributed by atoms with E-state index in [4.69, 9.17) is 22.3 Å². The molecule has 1 heterocycles. The average Bonchev–Trinajstić information content (AvgIpc) is 2.68. The van der Waals surface area contributed by atoms with Gasteiger partial charge in [-0.15, -0.1) is 12.8 Å². The number of ether oxygens (including phenoxy) is 2. The van der Waals surface area contributed by atoms with Gasteiger partial charge in [0.05, 0.1) is 11.1 Å². The summed E-state index contributed by atoms with van der Waals surface area (Å²) in [6.07, 6.45) is 15.7. The summed E-state index contributed by atoms with van der Waals surface area (Å²) in [6, 6.07) is 0. The Balaban J connectivity index is 2.52. The number of allylic oxidation sites excluding steroid dienone is 2. The molecule has 0 aromatic carbocycles. The number of hydrogen-bond donors (Lipinski definition) is 0. The van der Waals surface area contributed by atoms with Crippen LogP contribution in [-0.4, -0.2) is 37.1 Å². The molecule has 144 valence electrons. The van der Waals surface area contributed by atoms with Crippen molar-refractivity contribution < 1.29 is 19.1 Å². The van der Waals surface area contributed by atoms with Crippen LogP contribution in [0.4, 0.5) is 0 Å². The summed E-state index contributed by atoms with van der Waals surface area (Å²) in [5.74, 6) is 3.52. The van der Waals surface area contributed by atoms with E-state index < -0.39 is 11.9 Å². The molecule has 1 saturated carbocycles. The third-order valence-corrected chi connectivity index (χ3v) is 5.54. The zero-order valence-electron chi connectivity index (χ0n) is 16.3. The Kier molecular flexibility index (Phi) is 7.13. The topological polar surface area (TPSA) is 55.8 Å². The molecule has 0 aromatic heterocycles. The lowest BCUT2D eigenvalue weighted by atomic mass is 9.70. The van der Waals surface area contributed by atoms with Gasteiger partial charge in [0.25, 0.3) is 0 Å². The van der Waals surface area contributed by atoms with Crippen molar-refractivity contribution >= 4 is 11.9 Å². The Bertz CT molecular complexity index is 687. The SMILES string of the molecule is C#CCOC(=O)C1=C(C)N(C)C(C)=C(C(=O)OCC#C)C1C1CCCCC1. The summed E-state index contributed by atoms with van der Waals surface area (Å²) in [5.41, 5.74) is 2.55. The molecular formula is C22H27NO4. The largest absolute Gasteiger partial charge is 0.449 e. The second-order valence-electron chi connectivity index (χ2n) is 6.99. The molecule has 0 spiro atoms. The van der Waals surface area contributed by atoms with Crippen LogP contribution in [0.15, 0.2) is 22.5 Å². The highest BCUT2D eigenvalue weighted by Gasteiger charge is 2.42. The molecule has 0 atom stereocenters. The van der Waals surface area contributed by atoms with Crippen LogP contribution in [0.5, 0.6) is 0 Å². The Morgan fingerprint density at radius 3 is 1.81 bits per heavy atom. The van der Waals surface area contributed by atoms with Gasteiger partial charge in [-0.2, -0.15) is 0 Å². The molecule has 0 aromatic rings. The Hall–Kier alpha value is -2.66. The summed E-state index contributed by atoms with van der Waals surface area (Å²) < 4.78 is 10.5. The lowest BCUT2D eigenvalue weighted by molar-refractivity contribution is -0.140. The minimum atomic E-state index is -0.470. The van der Waals surface area contributed by atoms with Crippen molar-refractivity contribution in [3.63, 3.8) is 0 Å². The first-order valence-electron chi connectivity index (χ1n) is 9.30. The van der Waals surface area contributed by atoms with Crippen molar-refractivity contribution in [2.24, 2.45) is 11.8 Å². The summed E-state index contributed by atoms with van der Waals surface area (Å²) >= 11 is 0. The van der Waals surface area contributed by atoms with E-state index in [1.165, 1.54) is 6.42 Å². The molecule has 5 heteroatoms. The summed E-state index contributed by atoms with van der Waals surface area (Å²) in [4.78, 5) is 27.5. The molecule has 0 unspecified atom stereocenters. The van der Waals surface area contributed by atoms with Crippen LogP contribution in [0.25, 0.3) is 0 Å². The molecule has 0 saturated heterocycles. The molecule has 2 rings (SSSR count). The van der Waals surface area contributed by atoms with E-state index in [0.29, 0.717) is 11.1 Å². The molecule has 0 radical (unpaired) electrons. The normalized spacial score (nSPS) is 18.8. The summed E-state index contributed by atoms with van der Waals surface area (Å²) in [6.45, 7) is 3.54. The van der Waals surface area contributed by atoms with Gasteiger partial charge in [-0.25, -0.2) is 9.59 Å². The first-order chi connectivity index (χ1) is 12.9. The lowest BCUT2D eigenvalue weighted by Gasteiger charge is -2.40. The third kappa shape index (κ3) is 4.37. The number of carbonyl (C=O) groups excluding carboxylic acids is 2. The third-order valence-electron chi connectivity index (χ3n) is 5.54. The molecule has 1 fully saturated rings. The maximum atomic E-state index is 12.8. The van der Waals surface area contributed by atoms with Gasteiger partial charge in [-0.3, -0.25) is 0 Å². The fourth-order valence-corrected chi connectivity index (χ4v) is 4.07. The molecule has 0 bridgehead atoms. The van der Waals surface area contributed by atoms with E-state index in [-0.39, 0.29) is 25.0 Å². The predicted octanol–water partition coefficient (Wildman–Crippen LogP) is 3.03. The van der Waals surface area contributed by atoms with Gasteiger partial charge in [-0.1, -0.05) is 31.1 Å². The molecular weight excluding hydrogens is 342 g/mol. The highest BCUT2D eigenvalue weighted by atomic mass is 16.5. The Morgan fingerprint density at radius 2 is 1.41 bits per heavy atom. The van der Waals surface area contributed by atoms with E-state index in [1.54, 1.807) is 0 Å². The van der Waals surface area contributed by atoms with Crippen LogP contribution < -0.4 is 0 Å². The molecule has 1 aliphatic heterocycles. The van der Waals surface area contributed by atoms with Gasteiger partial charge in [-0.05, 0) is 32.6 Å². The summed E-state index contributed by atoms with van der Waals surface area (Å²) in [5, 5.41) is 0. The lowest BCUT2D eigenvalue weighted by Crippen LogP contribution is -2.38. The molecule has 0 N–H and O–H groups in total. The Labute approximate surface area is 161 Å². The van der Waals surface area contributed by atoms with Gasteiger partial charge >= 0.3 is 11.9 Å². The standard InChI is InChI=1S/C22H27NO4/c1-6-13-26-21(24)18-15(3)23(5)16(4)19(22(25)27-14-7-2)20(18)17-11-9-8-10-12-17/h1-2,17,20H,8-14H2,3-5H3. The molecule has 5 nitrogen and oxygen atoms in total. The second-order valence-corrected chi connectivity index (χ2v) is 6.99. The maximum absolute atomic E-state index is 12.8. The fourth-order valence-electron chi connectivity index (χ4n) is 4.07. The van der Waals surface area contributed by atoms with Crippen LogP contribution in [0, 0.1) is 36.5 Å². The maximum Gasteiger partial charge on any atom is 0.337 e. The zero-order chi connectivity index (χ0) is 20.0. The van der Waals surface area contributed by atoms with E-state index in [2.05, 4.69) is 11.8 Å². The van der Waals surface area contributed by atoms with Crippen LogP contribution in [0.1, 0.15) is 46.0 Å². The quantitative estimate of drug-likeness (QED) is 0.551. The van der Waals surface area contributed by atoms with E-state index in [1.807, 2.05) is 25.8 Å². The van der Waals surface area contributed by atoms with Crippen LogP contribution >= 0.6 is 0 Å². The number of hydrogen-bond acceptors (Lipinski definition) is 5. The molecule has 0 amide bonds. The second kappa shape index (κ2) is 9.33. The monoisotopic (exact) mass is 369 g/mol. The van der Waals surface area contributed by atoms with E-state index in [9.17, 15) is 9.59 Å². The van der Waals surface area contributed by atoms with Gasteiger partial charge in [0.2, 0.25) is 0 Å². The fraction of sp³-hybridized carbons (Fsp3) is 0.545. The van der Waals surface area contributed by atoms with Gasteiger partial charge in [0.15, 0.2) is 13.2 Å². The van der Waals surface area contributed by atoms with Crippen LogP contribution in [0.2, 0.25) is 0 Å². The number of nitrogens with zero attached hydrogens (tertiary/aromatic N) is 1. The highest BCUT2D eigenvalue weighted by Crippen LogP contribution is 2.44. The zero-order valence-corrected chi connectivity index (χ0v) is 16.3. The van der Waals surface area contributed by atoms with Crippen molar-refractivity contribution in [3.05, 3.63) is 22.5 Å². The molecule has 1 aliphatic carbocycles. The van der Waals surface area contributed by atoms with Crippen molar-refractivity contribution in [3.8, 4) is 24.7 Å². The average molecular weight is 369 g/mol. The minimum absolute atomic E-state index is 0.101. The van der Waals surface area contributed by atoms with Crippen molar-refractivity contribution in [1.29, 1.82) is 0 Å². The number of carbonyl (C=O) groups is 2. The summed E-state index contributed by atoms with van der Waals surface area (Å²) in [7, 11) is 1.82. The first kappa shape index (κ1) is 20.6.